The predicted molar refractivity (Wildman–Crippen MR) is 116 cm³/mol. The van der Waals surface area contributed by atoms with E-state index < -0.39 is 0 Å². The van der Waals surface area contributed by atoms with Crippen LogP contribution in [0, 0.1) is 5.82 Å². The van der Waals surface area contributed by atoms with Gasteiger partial charge in [-0.15, -0.1) is 11.3 Å². The van der Waals surface area contributed by atoms with Crippen LogP contribution in [0.5, 0.6) is 0 Å². The third-order valence-electron chi connectivity index (χ3n) is 4.80. The predicted octanol–water partition coefficient (Wildman–Crippen LogP) is 5.57. The van der Waals surface area contributed by atoms with Gasteiger partial charge in [0.2, 0.25) is 0 Å². The Hall–Kier alpha value is -2.21. The molecule has 0 N–H and O–H groups in total. The van der Waals surface area contributed by atoms with Crippen LogP contribution < -0.4 is 4.90 Å². The van der Waals surface area contributed by atoms with Crippen molar-refractivity contribution in [3.05, 3.63) is 87.0 Å². The van der Waals surface area contributed by atoms with Crippen molar-refractivity contribution in [3.8, 4) is 0 Å². The highest BCUT2D eigenvalue weighted by Gasteiger charge is 2.22. The number of fused-ring (bicyclic) bond motifs is 1. The lowest BCUT2D eigenvalue weighted by molar-refractivity contribution is 0.319. The van der Waals surface area contributed by atoms with E-state index in [2.05, 4.69) is 51.5 Å². The molecule has 0 bridgehead atoms. The summed E-state index contributed by atoms with van der Waals surface area (Å²) in [5.41, 5.74) is 4.18. The van der Waals surface area contributed by atoms with Crippen molar-refractivity contribution in [1.82, 2.24) is 4.90 Å². The minimum Gasteiger partial charge on any atom is -0.339 e. The van der Waals surface area contributed by atoms with Gasteiger partial charge in [0.25, 0.3) is 0 Å². The first-order chi connectivity index (χ1) is 13.6. The van der Waals surface area contributed by atoms with Gasteiger partial charge < -0.3 is 4.90 Å². The van der Waals surface area contributed by atoms with E-state index in [0.29, 0.717) is 23.8 Å². The number of hydrogen-bond donors (Lipinski definition) is 0. The number of aliphatic imine (C=N–C) groups is 1. The molecule has 144 valence electrons. The van der Waals surface area contributed by atoms with Gasteiger partial charge >= 0.3 is 0 Å². The molecular formula is C22H21ClFN3S. The summed E-state index contributed by atoms with van der Waals surface area (Å²) < 4.78 is 14.2. The van der Waals surface area contributed by atoms with E-state index in [-0.39, 0.29) is 5.82 Å². The van der Waals surface area contributed by atoms with Crippen molar-refractivity contribution in [2.45, 2.75) is 19.6 Å². The van der Waals surface area contributed by atoms with Gasteiger partial charge in [0, 0.05) is 42.0 Å². The summed E-state index contributed by atoms with van der Waals surface area (Å²) in [6.45, 7) is 2.64. The molecule has 28 heavy (non-hydrogen) atoms. The Bertz CT molecular complexity index is 966. The molecule has 1 aliphatic rings. The van der Waals surface area contributed by atoms with Crippen LogP contribution in [0.1, 0.15) is 22.3 Å². The second kappa shape index (κ2) is 8.43. The Morgan fingerprint density at radius 1 is 1.14 bits per heavy atom. The second-order valence-corrected chi connectivity index (χ2v) is 8.25. The average molecular weight is 414 g/mol. The molecule has 4 rings (SSSR count). The van der Waals surface area contributed by atoms with Crippen LogP contribution in [0.3, 0.4) is 0 Å². The molecule has 1 aromatic heterocycles. The first-order valence-corrected chi connectivity index (χ1v) is 10.4. The molecule has 0 aliphatic carbocycles. The van der Waals surface area contributed by atoms with Crippen LogP contribution in [0.25, 0.3) is 0 Å². The zero-order chi connectivity index (χ0) is 19.5. The summed E-state index contributed by atoms with van der Waals surface area (Å²) in [6.07, 6.45) is 1.94. The molecule has 0 fully saturated rings. The smallest absolute Gasteiger partial charge is 0.129 e. The maximum absolute atomic E-state index is 14.2. The standard InChI is InChI=1S/C22H21ClFN3S/c1-26(11-16-6-3-2-4-7-16)12-17-14-28-22-18(17)10-25-15-27(22)13-19-20(23)8-5-9-21(19)24/h2-10,14H,11-13,15H2,1H3. The SMILES string of the molecule is CN(Cc1ccccc1)Cc1csc2c1C=NCN2Cc1c(F)cccc1Cl. The van der Waals surface area contributed by atoms with Crippen LogP contribution in [-0.2, 0) is 19.6 Å². The Morgan fingerprint density at radius 3 is 2.75 bits per heavy atom. The van der Waals surface area contributed by atoms with Crippen LogP contribution in [-0.4, -0.2) is 24.8 Å². The van der Waals surface area contributed by atoms with Gasteiger partial charge in [0.15, 0.2) is 0 Å². The quantitative estimate of drug-likeness (QED) is 0.526. The molecule has 2 aromatic carbocycles. The highest BCUT2D eigenvalue weighted by atomic mass is 35.5. The zero-order valence-electron chi connectivity index (χ0n) is 15.6. The summed E-state index contributed by atoms with van der Waals surface area (Å²) in [7, 11) is 2.12. The lowest BCUT2D eigenvalue weighted by Crippen LogP contribution is -2.26. The molecular weight excluding hydrogens is 393 g/mol. The van der Waals surface area contributed by atoms with E-state index in [1.54, 1.807) is 23.5 Å². The van der Waals surface area contributed by atoms with Gasteiger partial charge in [-0.3, -0.25) is 9.89 Å². The number of halogens is 2. The summed E-state index contributed by atoms with van der Waals surface area (Å²) in [5, 5.41) is 3.76. The molecule has 3 aromatic rings. The second-order valence-electron chi connectivity index (χ2n) is 6.99. The summed E-state index contributed by atoms with van der Waals surface area (Å²) in [6, 6.07) is 15.3. The number of thiophene rings is 1. The molecule has 0 saturated carbocycles. The van der Waals surface area contributed by atoms with E-state index in [9.17, 15) is 4.39 Å². The van der Waals surface area contributed by atoms with E-state index in [1.165, 1.54) is 17.2 Å². The maximum Gasteiger partial charge on any atom is 0.129 e. The highest BCUT2D eigenvalue weighted by Crippen LogP contribution is 2.35. The Balaban J connectivity index is 1.51. The average Bonchev–Trinajstić information content (AvgIpc) is 3.09. The Kier molecular flexibility index (Phi) is 5.76. The molecule has 0 saturated heterocycles. The molecule has 3 nitrogen and oxygen atoms in total. The lowest BCUT2D eigenvalue weighted by atomic mass is 10.1. The first kappa shape index (κ1) is 19.1. The van der Waals surface area contributed by atoms with E-state index in [4.69, 9.17) is 11.6 Å². The highest BCUT2D eigenvalue weighted by molar-refractivity contribution is 7.14. The van der Waals surface area contributed by atoms with Gasteiger partial charge in [-0.25, -0.2) is 4.39 Å². The molecule has 2 heterocycles. The molecule has 0 radical (unpaired) electrons. The lowest BCUT2D eigenvalue weighted by Gasteiger charge is -2.26. The third kappa shape index (κ3) is 4.12. The normalized spacial score (nSPS) is 13.2. The number of nitrogens with zero attached hydrogens (tertiary/aromatic N) is 3. The van der Waals surface area contributed by atoms with Crippen LogP contribution in [0.15, 0.2) is 58.9 Å². The van der Waals surface area contributed by atoms with E-state index in [0.717, 1.165) is 23.7 Å². The van der Waals surface area contributed by atoms with E-state index in [1.807, 2.05) is 12.3 Å². The van der Waals surface area contributed by atoms with E-state index >= 15 is 0 Å². The minimum absolute atomic E-state index is 0.275. The third-order valence-corrected chi connectivity index (χ3v) is 6.25. The zero-order valence-corrected chi connectivity index (χ0v) is 17.2. The van der Waals surface area contributed by atoms with Crippen LogP contribution >= 0.6 is 22.9 Å². The van der Waals surface area contributed by atoms with Crippen molar-refractivity contribution in [2.75, 3.05) is 18.6 Å². The Morgan fingerprint density at radius 2 is 1.96 bits per heavy atom. The molecule has 0 amide bonds. The number of hydrogen-bond acceptors (Lipinski definition) is 4. The fourth-order valence-corrected chi connectivity index (χ4v) is 4.69. The van der Waals surface area contributed by atoms with Crippen LogP contribution in [0.2, 0.25) is 5.02 Å². The summed E-state index contributed by atoms with van der Waals surface area (Å²) in [4.78, 5) is 8.88. The fourth-order valence-electron chi connectivity index (χ4n) is 3.43. The van der Waals surface area contributed by atoms with Crippen molar-refractivity contribution >= 4 is 34.2 Å². The monoisotopic (exact) mass is 413 g/mol. The largest absolute Gasteiger partial charge is 0.339 e. The van der Waals surface area contributed by atoms with Crippen molar-refractivity contribution in [1.29, 1.82) is 0 Å². The van der Waals surface area contributed by atoms with Crippen molar-refractivity contribution in [2.24, 2.45) is 4.99 Å². The number of anilines is 1. The number of benzene rings is 2. The summed E-state index contributed by atoms with van der Waals surface area (Å²) >= 11 is 7.90. The van der Waals surface area contributed by atoms with Gasteiger partial charge in [0.1, 0.15) is 17.5 Å². The van der Waals surface area contributed by atoms with Gasteiger partial charge in [-0.05, 0) is 35.7 Å². The molecule has 1 aliphatic heterocycles. The summed E-state index contributed by atoms with van der Waals surface area (Å²) in [5.74, 6) is -0.275. The van der Waals surface area contributed by atoms with Gasteiger partial charge in [-0.1, -0.05) is 48.0 Å². The van der Waals surface area contributed by atoms with Gasteiger partial charge in [-0.2, -0.15) is 0 Å². The molecule has 0 atom stereocenters. The van der Waals surface area contributed by atoms with Crippen LogP contribution in [0.4, 0.5) is 9.39 Å². The van der Waals surface area contributed by atoms with Gasteiger partial charge in [0.05, 0.1) is 0 Å². The van der Waals surface area contributed by atoms with Crippen molar-refractivity contribution in [3.63, 3.8) is 0 Å². The molecule has 6 heteroatoms. The maximum atomic E-state index is 14.2. The molecule has 0 spiro atoms. The van der Waals surface area contributed by atoms with Crippen molar-refractivity contribution < 1.29 is 4.39 Å². The fraction of sp³-hybridized carbons (Fsp3) is 0.227. The first-order valence-electron chi connectivity index (χ1n) is 9.12. The minimum atomic E-state index is -0.275. The Labute approximate surface area is 173 Å². The topological polar surface area (TPSA) is 18.8 Å². The number of rotatable bonds is 6. The molecule has 0 unspecified atom stereocenters.